The van der Waals surface area contributed by atoms with E-state index in [1.807, 2.05) is 0 Å². The lowest BCUT2D eigenvalue weighted by molar-refractivity contribution is 0.0958. The SMILES string of the molecule is C#CCNC(=O)c1ccc(=O)n(Cc2ccc(Cl)cc2Cl)c1. The molecule has 0 fully saturated rings. The molecule has 112 valence electrons. The minimum absolute atomic E-state index is 0.126. The zero-order chi connectivity index (χ0) is 16.1. The van der Waals surface area contributed by atoms with Gasteiger partial charge in [-0.15, -0.1) is 6.42 Å². The van der Waals surface area contributed by atoms with Crippen molar-refractivity contribution in [3.8, 4) is 12.3 Å². The Labute approximate surface area is 137 Å². The third-order valence-electron chi connectivity index (χ3n) is 2.95. The minimum atomic E-state index is -0.339. The number of rotatable bonds is 4. The van der Waals surface area contributed by atoms with Gasteiger partial charge in [0.15, 0.2) is 0 Å². The Morgan fingerprint density at radius 3 is 2.73 bits per heavy atom. The summed E-state index contributed by atoms with van der Waals surface area (Å²) in [6.45, 7) is 0.367. The number of aromatic nitrogens is 1. The largest absolute Gasteiger partial charge is 0.341 e. The van der Waals surface area contributed by atoms with Crippen LogP contribution in [-0.2, 0) is 6.54 Å². The van der Waals surface area contributed by atoms with Crippen LogP contribution >= 0.6 is 23.2 Å². The molecule has 1 amide bonds. The molecule has 0 aliphatic rings. The van der Waals surface area contributed by atoms with Crippen LogP contribution in [0.15, 0.2) is 41.3 Å². The van der Waals surface area contributed by atoms with Gasteiger partial charge in [-0.2, -0.15) is 0 Å². The molecule has 6 heteroatoms. The number of nitrogens with zero attached hydrogens (tertiary/aromatic N) is 1. The third-order valence-corrected chi connectivity index (χ3v) is 3.54. The van der Waals surface area contributed by atoms with Crippen molar-refractivity contribution in [3.63, 3.8) is 0 Å². The Kier molecular flexibility index (Phi) is 5.26. The lowest BCUT2D eigenvalue weighted by atomic mass is 10.2. The lowest BCUT2D eigenvalue weighted by Gasteiger charge is -2.10. The molecule has 0 bridgehead atoms. The van der Waals surface area contributed by atoms with Crippen molar-refractivity contribution in [1.82, 2.24) is 9.88 Å². The molecule has 2 aromatic rings. The monoisotopic (exact) mass is 334 g/mol. The quantitative estimate of drug-likeness (QED) is 0.873. The number of amides is 1. The van der Waals surface area contributed by atoms with E-state index >= 15 is 0 Å². The van der Waals surface area contributed by atoms with Crippen molar-refractivity contribution in [1.29, 1.82) is 0 Å². The zero-order valence-corrected chi connectivity index (χ0v) is 13.0. The van der Waals surface area contributed by atoms with Crippen LogP contribution in [-0.4, -0.2) is 17.0 Å². The van der Waals surface area contributed by atoms with Crippen LogP contribution in [0.5, 0.6) is 0 Å². The molecular formula is C16H12Cl2N2O2. The summed E-state index contributed by atoms with van der Waals surface area (Å²) in [4.78, 5) is 23.8. The van der Waals surface area contributed by atoms with Gasteiger partial charge >= 0.3 is 0 Å². The Morgan fingerprint density at radius 2 is 2.05 bits per heavy atom. The first-order valence-electron chi connectivity index (χ1n) is 6.37. The van der Waals surface area contributed by atoms with E-state index in [2.05, 4.69) is 11.2 Å². The van der Waals surface area contributed by atoms with Crippen molar-refractivity contribution in [2.45, 2.75) is 6.54 Å². The summed E-state index contributed by atoms with van der Waals surface area (Å²) < 4.78 is 1.40. The number of hydrogen-bond acceptors (Lipinski definition) is 2. The van der Waals surface area contributed by atoms with E-state index in [0.717, 1.165) is 5.56 Å². The number of terminal acetylenes is 1. The molecule has 4 nitrogen and oxygen atoms in total. The van der Waals surface area contributed by atoms with Gasteiger partial charge in [0.1, 0.15) is 0 Å². The summed E-state index contributed by atoms with van der Waals surface area (Å²) in [7, 11) is 0. The molecule has 1 aromatic heterocycles. The van der Waals surface area contributed by atoms with E-state index in [0.29, 0.717) is 15.6 Å². The highest BCUT2D eigenvalue weighted by atomic mass is 35.5. The molecule has 2 rings (SSSR count). The minimum Gasteiger partial charge on any atom is -0.341 e. The molecule has 0 saturated carbocycles. The van der Waals surface area contributed by atoms with Gasteiger partial charge in [0.25, 0.3) is 11.5 Å². The summed E-state index contributed by atoms with van der Waals surface area (Å²) in [6, 6.07) is 7.81. The average molecular weight is 335 g/mol. The lowest BCUT2D eigenvalue weighted by Crippen LogP contribution is -2.27. The Balaban J connectivity index is 2.29. The van der Waals surface area contributed by atoms with Crippen molar-refractivity contribution in [2.24, 2.45) is 0 Å². The maximum atomic E-state index is 11.9. The van der Waals surface area contributed by atoms with Gasteiger partial charge in [-0.1, -0.05) is 35.2 Å². The van der Waals surface area contributed by atoms with E-state index in [-0.39, 0.29) is 24.6 Å². The fourth-order valence-electron chi connectivity index (χ4n) is 1.86. The molecular weight excluding hydrogens is 323 g/mol. The second-order valence-electron chi connectivity index (χ2n) is 4.51. The third kappa shape index (κ3) is 3.91. The molecule has 0 unspecified atom stereocenters. The maximum Gasteiger partial charge on any atom is 0.253 e. The summed E-state index contributed by atoms with van der Waals surface area (Å²) in [5, 5.41) is 3.52. The summed E-state index contributed by atoms with van der Waals surface area (Å²) in [6.07, 6.45) is 6.57. The second kappa shape index (κ2) is 7.17. The fourth-order valence-corrected chi connectivity index (χ4v) is 2.32. The molecule has 0 aliphatic carbocycles. The van der Waals surface area contributed by atoms with Crippen LogP contribution in [0.2, 0.25) is 10.0 Å². The second-order valence-corrected chi connectivity index (χ2v) is 5.35. The molecule has 0 radical (unpaired) electrons. The van der Waals surface area contributed by atoms with Gasteiger partial charge in [0.05, 0.1) is 18.7 Å². The molecule has 22 heavy (non-hydrogen) atoms. The van der Waals surface area contributed by atoms with Gasteiger partial charge in [0.2, 0.25) is 0 Å². The van der Waals surface area contributed by atoms with Crippen molar-refractivity contribution < 1.29 is 4.79 Å². The highest BCUT2D eigenvalue weighted by Crippen LogP contribution is 2.21. The number of carbonyl (C=O) groups excluding carboxylic acids is 1. The highest BCUT2D eigenvalue weighted by Gasteiger charge is 2.08. The van der Waals surface area contributed by atoms with Crippen LogP contribution in [0.1, 0.15) is 15.9 Å². The molecule has 0 saturated heterocycles. The number of halogens is 2. The summed E-state index contributed by atoms with van der Waals surface area (Å²) in [5.74, 6) is 1.98. The van der Waals surface area contributed by atoms with Crippen LogP contribution in [0.3, 0.4) is 0 Å². The van der Waals surface area contributed by atoms with Crippen LogP contribution in [0.4, 0.5) is 0 Å². The van der Waals surface area contributed by atoms with Crippen molar-refractivity contribution >= 4 is 29.1 Å². The maximum absolute atomic E-state index is 11.9. The fraction of sp³-hybridized carbons (Fsp3) is 0.125. The predicted molar refractivity (Wildman–Crippen MR) is 87.4 cm³/mol. The van der Waals surface area contributed by atoms with E-state index in [4.69, 9.17) is 29.6 Å². The topological polar surface area (TPSA) is 51.1 Å². The van der Waals surface area contributed by atoms with Gasteiger partial charge in [-0.25, -0.2) is 0 Å². The highest BCUT2D eigenvalue weighted by molar-refractivity contribution is 6.35. The van der Waals surface area contributed by atoms with Gasteiger partial charge < -0.3 is 9.88 Å². The zero-order valence-electron chi connectivity index (χ0n) is 11.5. The van der Waals surface area contributed by atoms with E-state index in [1.54, 1.807) is 18.2 Å². The van der Waals surface area contributed by atoms with Crippen molar-refractivity contribution in [2.75, 3.05) is 6.54 Å². The van der Waals surface area contributed by atoms with Gasteiger partial charge in [0, 0.05) is 22.3 Å². The number of carbonyl (C=O) groups is 1. The van der Waals surface area contributed by atoms with Crippen LogP contribution in [0, 0.1) is 12.3 Å². The number of hydrogen-bond donors (Lipinski definition) is 1. The van der Waals surface area contributed by atoms with Gasteiger partial charge in [-0.3, -0.25) is 9.59 Å². The molecule has 0 spiro atoms. The van der Waals surface area contributed by atoms with E-state index in [1.165, 1.54) is 22.9 Å². The molecule has 1 aromatic carbocycles. The number of pyridine rings is 1. The standard InChI is InChI=1S/C16H12Cl2N2O2/c1-2-7-19-16(22)12-4-6-15(21)20(10-12)9-11-3-5-13(17)8-14(11)18/h1,3-6,8,10H,7,9H2,(H,19,22). The number of benzene rings is 1. The summed E-state index contributed by atoms with van der Waals surface area (Å²) in [5.41, 5.74) is 0.841. The normalized spacial score (nSPS) is 10.0. The smallest absolute Gasteiger partial charge is 0.253 e. The molecule has 0 aliphatic heterocycles. The van der Waals surface area contributed by atoms with Crippen LogP contribution < -0.4 is 10.9 Å². The Hall–Kier alpha value is -2.22. The first kappa shape index (κ1) is 16.2. The van der Waals surface area contributed by atoms with Crippen molar-refractivity contribution in [3.05, 3.63) is 68.1 Å². The Morgan fingerprint density at radius 1 is 1.27 bits per heavy atom. The number of nitrogens with one attached hydrogen (secondary N) is 1. The predicted octanol–water partition coefficient (Wildman–Crippen LogP) is 2.57. The summed E-state index contributed by atoms with van der Waals surface area (Å²) >= 11 is 11.9. The van der Waals surface area contributed by atoms with E-state index < -0.39 is 0 Å². The van der Waals surface area contributed by atoms with Gasteiger partial charge in [-0.05, 0) is 23.8 Å². The van der Waals surface area contributed by atoms with E-state index in [9.17, 15) is 9.59 Å². The molecule has 0 atom stereocenters. The Bertz CT molecular complexity index is 807. The average Bonchev–Trinajstić information content (AvgIpc) is 2.49. The van der Waals surface area contributed by atoms with Crippen LogP contribution in [0.25, 0.3) is 0 Å². The first-order chi connectivity index (χ1) is 10.5. The first-order valence-corrected chi connectivity index (χ1v) is 7.13. The molecule has 1 N–H and O–H groups in total. The molecule has 1 heterocycles.